The van der Waals surface area contributed by atoms with E-state index in [1.54, 1.807) is 6.20 Å². The number of alkyl carbamates (subject to hydrolysis) is 1. The molecule has 0 saturated carbocycles. The number of carbonyl (C=O) groups is 1. The molecule has 0 spiro atoms. The highest BCUT2D eigenvalue weighted by molar-refractivity contribution is 5.74. The first-order chi connectivity index (χ1) is 9.90. The number of hydrogen-bond donors (Lipinski definition) is 1. The Bertz CT molecular complexity index is 606. The molecular weight excluding hydrogens is 264 g/mol. The normalized spacial score (nSPS) is 19.5. The standard InChI is InChI=1S/C17H20N2O2/c1-17(2,3)21-16(20)19-15-10-9-12(11-18-4)13-7-5-6-8-14(13)15/h5-8,11,15H,9-10H2,1-3H3,(H,19,20)/b12-11+/t15-/m0/s1. The summed E-state index contributed by atoms with van der Waals surface area (Å²) in [6.45, 7) is 12.5. The van der Waals surface area contributed by atoms with Gasteiger partial charge >= 0.3 is 6.09 Å². The highest BCUT2D eigenvalue weighted by Gasteiger charge is 2.26. The minimum atomic E-state index is -0.507. The van der Waals surface area contributed by atoms with Crippen LogP contribution in [0.25, 0.3) is 10.4 Å². The van der Waals surface area contributed by atoms with Crippen LogP contribution in [0.4, 0.5) is 4.79 Å². The van der Waals surface area contributed by atoms with Crippen molar-refractivity contribution in [1.29, 1.82) is 0 Å². The zero-order valence-electron chi connectivity index (χ0n) is 12.6. The summed E-state index contributed by atoms with van der Waals surface area (Å²) in [4.78, 5) is 15.3. The lowest BCUT2D eigenvalue weighted by Crippen LogP contribution is -2.36. The summed E-state index contributed by atoms with van der Waals surface area (Å²) in [6, 6.07) is 7.82. The zero-order valence-corrected chi connectivity index (χ0v) is 12.6. The molecule has 1 N–H and O–H groups in total. The second-order valence-electron chi connectivity index (χ2n) is 6.11. The maximum atomic E-state index is 11.9. The van der Waals surface area contributed by atoms with E-state index in [-0.39, 0.29) is 6.04 Å². The van der Waals surface area contributed by atoms with Gasteiger partial charge in [-0.25, -0.2) is 9.64 Å². The van der Waals surface area contributed by atoms with Crippen LogP contribution in [0.15, 0.2) is 30.5 Å². The molecule has 0 aliphatic heterocycles. The van der Waals surface area contributed by atoms with Crippen LogP contribution in [0.2, 0.25) is 0 Å². The molecule has 0 unspecified atom stereocenters. The lowest BCUT2D eigenvalue weighted by molar-refractivity contribution is 0.0500. The van der Waals surface area contributed by atoms with Gasteiger partial charge in [-0.3, -0.25) is 0 Å². The lowest BCUT2D eigenvalue weighted by Gasteiger charge is -2.29. The second-order valence-corrected chi connectivity index (χ2v) is 6.11. The molecule has 0 bridgehead atoms. The molecule has 21 heavy (non-hydrogen) atoms. The molecule has 0 saturated heterocycles. The predicted octanol–water partition coefficient (Wildman–Crippen LogP) is 4.31. The fourth-order valence-electron chi connectivity index (χ4n) is 2.50. The van der Waals surface area contributed by atoms with E-state index in [0.717, 1.165) is 29.5 Å². The van der Waals surface area contributed by atoms with E-state index >= 15 is 0 Å². The summed E-state index contributed by atoms with van der Waals surface area (Å²) in [5.41, 5.74) is 2.61. The van der Waals surface area contributed by atoms with Crippen LogP contribution < -0.4 is 5.32 Å². The van der Waals surface area contributed by atoms with Crippen molar-refractivity contribution in [3.05, 3.63) is 53.0 Å². The number of carbonyl (C=O) groups excluding carboxylic acids is 1. The van der Waals surface area contributed by atoms with Gasteiger partial charge in [0.05, 0.1) is 12.6 Å². The average molecular weight is 284 g/mol. The van der Waals surface area contributed by atoms with Gasteiger partial charge < -0.3 is 10.1 Å². The van der Waals surface area contributed by atoms with Crippen LogP contribution in [0.1, 0.15) is 50.8 Å². The number of fused-ring (bicyclic) bond motifs is 1. The first kappa shape index (κ1) is 15.1. The monoisotopic (exact) mass is 284 g/mol. The Morgan fingerprint density at radius 3 is 2.81 bits per heavy atom. The Morgan fingerprint density at radius 1 is 1.43 bits per heavy atom. The number of allylic oxidation sites excluding steroid dienone is 1. The molecule has 1 aromatic carbocycles. The van der Waals surface area contributed by atoms with Gasteiger partial charge in [0.25, 0.3) is 0 Å². The van der Waals surface area contributed by atoms with E-state index in [9.17, 15) is 4.79 Å². The molecule has 2 rings (SSSR count). The largest absolute Gasteiger partial charge is 0.444 e. The Balaban J connectivity index is 2.20. The molecule has 0 aromatic heterocycles. The van der Waals surface area contributed by atoms with E-state index in [4.69, 9.17) is 11.3 Å². The summed E-state index contributed by atoms with van der Waals surface area (Å²) in [5.74, 6) is 0. The number of nitrogens with one attached hydrogen (secondary N) is 1. The molecule has 1 amide bonds. The Hall–Kier alpha value is -2.28. The zero-order chi connectivity index (χ0) is 15.5. The van der Waals surface area contributed by atoms with E-state index in [2.05, 4.69) is 10.2 Å². The molecule has 0 radical (unpaired) electrons. The molecule has 1 aromatic rings. The van der Waals surface area contributed by atoms with E-state index < -0.39 is 11.7 Å². The first-order valence-corrected chi connectivity index (χ1v) is 7.05. The van der Waals surface area contributed by atoms with Crippen molar-refractivity contribution in [3.8, 4) is 0 Å². The molecule has 1 aliphatic rings. The van der Waals surface area contributed by atoms with Crippen LogP contribution in [0.3, 0.4) is 0 Å². The van der Waals surface area contributed by atoms with Crippen molar-refractivity contribution in [1.82, 2.24) is 5.32 Å². The molecule has 1 aliphatic carbocycles. The minimum absolute atomic E-state index is 0.0704. The van der Waals surface area contributed by atoms with Gasteiger partial charge in [0.1, 0.15) is 5.60 Å². The Labute approximate surface area is 125 Å². The third-order valence-corrected chi connectivity index (χ3v) is 3.30. The number of ether oxygens (including phenoxy) is 1. The molecule has 1 atom stereocenters. The van der Waals surface area contributed by atoms with Crippen LogP contribution in [-0.4, -0.2) is 11.7 Å². The summed E-state index contributed by atoms with van der Waals surface area (Å²) in [5, 5.41) is 2.93. The fourth-order valence-corrected chi connectivity index (χ4v) is 2.50. The van der Waals surface area contributed by atoms with Crippen molar-refractivity contribution in [2.45, 2.75) is 45.3 Å². The van der Waals surface area contributed by atoms with E-state index in [0.29, 0.717) is 0 Å². The smallest absolute Gasteiger partial charge is 0.408 e. The van der Waals surface area contributed by atoms with E-state index in [1.807, 2.05) is 45.0 Å². The first-order valence-electron chi connectivity index (χ1n) is 7.05. The third kappa shape index (κ3) is 3.85. The van der Waals surface area contributed by atoms with Crippen LogP contribution in [0, 0.1) is 6.57 Å². The van der Waals surface area contributed by atoms with Crippen molar-refractivity contribution in [3.63, 3.8) is 0 Å². The highest BCUT2D eigenvalue weighted by Crippen LogP contribution is 2.36. The summed E-state index contributed by atoms with van der Waals surface area (Å²) in [6.07, 6.45) is 2.72. The van der Waals surface area contributed by atoms with Gasteiger partial charge in [-0.15, -0.1) is 0 Å². The van der Waals surface area contributed by atoms with Gasteiger partial charge in [-0.2, -0.15) is 0 Å². The number of benzene rings is 1. The average Bonchev–Trinajstić information content (AvgIpc) is 2.40. The number of amides is 1. The van der Waals surface area contributed by atoms with Gasteiger partial charge in [0.15, 0.2) is 6.20 Å². The predicted molar refractivity (Wildman–Crippen MR) is 82.4 cm³/mol. The topological polar surface area (TPSA) is 42.7 Å². The number of hydrogen-bond acceptors (Lipinski definition) is 2. The summed E-state index contributed by atoms with van der Waals surface area (Å²) < 4.78 is 5.32. The summed E-state index contributed by atoms with van der Waals surface area (Å²) in [7, 11) is 0. The second kappa shape index (κ2) is 6.01. The van der Waals surface area contributed by atoms with Gasteiger partial charge in [-0.1, -0.05) is 24.3 Å². The molecule has 4 heteroatoms. The highest BCUT2D eigenvalue weighted by atomic mass is 16.6. The molecule has 110 valence electrons. The van der Waals surface area contributed by atoms with Crippen molar-refractivity contribution >= 4 is 11.7 Å². The maximum absolute atomic E-state index is 11.9. The van der Waals surface area contributed by atoms with Crippen molar-refractivity contribution in [2.24, 2.45) is 0 Å². The van der Waals surface area contributed by atoms with Crippen LogP contribution >= 0.6 is 0 Å². The van der Waals surface area contributed by atoms with Crippen molar-refractivity contribution in [2.75, 3.05) is 0 Å². The van der Waals surface area contributed by atoms with Crippen molar-refractivity contribution < 1.29 is 9.53 Å². The summed E-state index contributed by atoms with van der Waals surface area (Å²) >= 11 is 0. The molecule has 0 fully saturated rings. The Morgan fingerprint density at radius 2 is 2.14 bits per heavy atom. The van der Waals surface area contributed by atoms with Crippen LogP contribution in [0.5, 0.6) is 0 Å². The minimum Gasteiger partial charge on any atom is -0.444 e. The molecule has 4 nitrogen and oxygen atoms in total. The van der Waals surface area contributed by atoms with E-state index in [1.165, 1.54) is 0 Å². The number of nitrogens with zero attached hydrogens (tertiary/aromatic N) is 1. The fraction of sp³-hybridized carbons (Fsp3) is 0.412. The van der Waals surface area contributed by atoms with Gasteiger partial charge in [0, 0.05) is 0 Å². The lowest BCUT2D eigenvalue weighted by atomic mass is 9.84. The molecular formula is C17H20N2O2. The maximum Gasteiger partial charge on any atom is 0.408 e. The molecule has 0 heterocycles. The third-order valence-electron chi connectivity index (χ3n) is 3.30. The van der Waals surface area contributed by atoms with Crippen LogP contribution in [-0.2, 0) is 4.74 Å². The van der Waals surface area contributed by atoms with Gasteiger partial charge in [0.2, 0.25) is 0 Å². The Kier molecular flexibility index (Phi) is 4.32. The quantitative estimate of drug-likeness (QED) is 0.781. The SMILES string of the molecule is [C-]#[N+]/C=C1\CC[C@H](NC(=O)OC(C)(C)C)c2ccccc21. The van der Waals surface area contributed by atoms with Gasteiger partial charge in [-0.05, 0) is 50.3 Å². The number of rotatable bonds is 1.